The molecule has 1 aromatic carbocycles. The fraction of sp³-hybridized carbons (Fsp3) is 0.0833. The zero-order chi connectivity index (χ0) is 12.3. The third kappa shape index (κ3) is 2.57. The number of imidazole rings is 1. The molecule has 0 radical (unpaired) electrons. The lowest BCUT2D eigenvalue weighted by molar-refractivity contribution is 0.101. The van der Waals surface area contributed by atoms with Crippen LogP contribution < -0.4 is 5.32 Å². The first-order valence-electron chi connectivity index (χ1n) is 5.07. The van der Waals surface area contributed by atoms with Crippen molar-refractivity contribution in [3.63, 3.8) is 0 Å². The van der Waals surface area contributed by atoms with Crippen molar-refractivity contribution in [1.29, 1.82) is 0 Å². The summed E-state index contributed by atoms with van der Waals surface area (Å²) in [5, 5.41) is 2.68. The molecule has 1 N–H and O–H groups in total. The first kappa shape index (κ1) is 11.1. The molecule has 0 bridgehead atoms. The van der Waals surface area contributed by atoms with Crippen molar-refractivity contribution in [3.8, 4) is 0 Å². The van der Waals surface area contributed by atoms with Crippen molar-refractivity contribution in [1.82, 2.24) is 9.55 Å². The van der Waals surface area contributed by atoms with E-state index in [2.05, 4.69) is 10.3 Å². The van der Waals surface area contributed by atoms with E-state index in [1.807, 2.05) is 0 Å². The van der Waals surface area contributed by atoms with E-state index in [0.717, 1.165) is 0 Å². The molecule has 0 aliphatic rings. The van der Waals surface area contributed by atoms with E-state index < -0.39 is 0 Å². The van der Waals surface area contributed by atoms with Gasteiger partial charge in [-0.15, -0.1) is 0 Å². The van der Waals surface area contributed by atoms with E-state index in [4.69, 9.17) is 0 Å². The maximum atomic E-state index is 11.6. The van der Waals surface area contributed by atoms with Gasteiger partial charge in [0.2, 0.25) is 0 Å². The first-order chi connectivity index (χ1) is 8.16. The molecule has 0 unspecified atom stereocenters. The van der Waals surface area contributed by atoms with Crippen molar-refractivity contribution >= 4 is 17.5 Å². The Morgan fingerprint density at radius 2 is 1.94 bits per heavy atom. The predicted octanol–water partition coefficient (Wildman–Crippen LogP) is 2.17. The SMILES string of the molecule is CC(=O)c1ccc(NC(=O)n2ccnc2)cc1. The Hall–Kier alpha value is -2.43. The van der Waals surface area contributed by atoms with Crippen molar-refractivity contribution in [3.05, 3.63) is 48.5 Å². The second kappa shape index (κ2) is 4.61. The van der Waals surface area contributed by atoms with Gasteiger partial charge in [0.05, 0.1) is 0 Å². The second-order valence-electron chi connectivity index (χ2n) is 3.53. The summed E-state index contributed by atoms with van der Waals surface area (Å²) in [4.78, 5) is 26.5. The van der Waals surface area contributed by atoms with Crippen LogP contribution in [0, 0.1) is 0 Å². The number of rotatable bonds is 2. The summed E-state index contributed by atoms with van der Waals surface area (Å²) in [6.07, 6.45) is 4.50. The van der Waals surface area contributed by atoms with E-state index in [9.17, 15) is 9.59 Å². The summed E-state index contributed by atoms with van der Waals surface area (Å²) in [6.45, 7) is 1.50. The van der Waals surface area contributed by atoms with Crippen LogP contribution in [0.25, 0.3) is 0 Å². The number of aromatic nitrogens is 2. The number of amides is 1. The normalized spacial score (nSPS) is 9.94. The molecule has 17 heavy (non-hydrogen) atoms. The van der Waals surface area contributed by atoms with E-state index >= 15 is 0 Å². The van der Waals surface area contributed by atoms with Crippen molar-refractivity contribution in [2.45, 2.75) is 6.92 Å². The zero-order valence-electron chi connectivity index (χ0n) is 9.25. The maximum Gasteiger partial charge on any atom is 0.331 e. The Kier molecular flexibility index (Phi) is 3.00. The lowest BCUT2D eigenvalue weighted by Gasteiger charge is -2.05. The van der Waals surface area contributed by atoms with Crippen LogP contribution in [0.1, 0.15) is 17.3 Å². The Bertz CT molecular complexity index is 529. The number of carbonyl (C=O) groups is 2. The Morgan fingerprint density at radius 1 is 1.24 bits per heavy atom. The second-order valence-corrected chi connectivity index (χ2v) is 3.53. The number of benzene rings is 1. The van der Waals surface area contributed by atoms with Gasteiger partial charge in [-0.25, -0.2) is 9.78 Å². The Labute approximate surface area is 98.1 Å². The van der Waals surface area contributed by atoms with Gasteiger partial charge in [0.1, 0.15) is 6.33 Å². The molecular weight excluding hydrogens is 218 g/mol. The van der Waals surface area contributed by atoms with Crippen LogP contribution in [0.3, 0.4) is 0 Å². The molecule has 1 aromatic heterocycles. The third-order valence-corrected chi connectivity index (χ3v) is 2.28. The molecule has 2 rings (SSSR count). The van der Waals surface area contributed by atoms with Crippen LogP contribution in [0.15, 0.2) is 43.0 Å². The van der Waals surface area contributed by atoms with Gasteiger partial charge in [-0.3, -0.25) is 9.36 Å². The van der Waals surface area contributed by atoms with E-state index in [1.54, 1.807) is 30.5 Å². The number of nitrogens with one attached hydrogen (secondary N) is 1. The molecule has 0 saturated heterocycles. The number of ketones is 1. The van der Waals surface area contributed by atoms with Crippen molar-refractivity contribution < 1.29 is 9.59 Å². The highest BCUT2D eigenvalue weighted by Crippen LogP contribution is 2.10. The topological polar surface area (TPSA) is 64.0 Å². The highest BCUT2D eigenvalue weighted by atomic mass is 16.2. The molecule has 0 fully saturated rings. The van der Waals surface area contributed by atoms with Gasteiger partial charge < -0.3 is 5.32 Å². The van der Waals surface area contributed by atoms with Gasteiger partial charge >= 0.3 is 6.03 Å². The van der Waals surface area contributed by atoms with E-state index in [1.165, 1.54) is 24.0 Å². The fourth-order valence-corrected chi connectivity index (χ4v) is 1.36. The largest absolute Gasteiger partial charge is 0.331 e. The quantitative estimate of drug-likeness (QED) is 0.802. The lowest BCUT2D eigenvalue weighted by atomic mass is 10.1. The van der Waals surface area contributed by atoms with E-state index in [-0.39, 0.29) is 11.8 Å². The molecule has 0 atom stereocenters. The lowest BCUT2D eigenvalue weighted by Crippen LogP contribution is -2.17. The van der Waals surface area contributed by atoms with Gasteiger partial charge in [0.15, 0.2) is 5.78 Å². The molecule has 5 heteroatoms. The minimum Gasteiger partial charge on any atom is -0.307 e. The molecule has 0 saturated carbocycles. The molecule has 5 nitrogen and oxygen atoms in total. The van der Waals surface area contributed by atoms with Crippen LogP contribution in [-0.2, 0) is 0 Å². The first-order valence-corrected chi connectivity index (χ1v) is 5.07. The van der Waals surface area contributed by atoms with E-state index in [0.29, 0.717) is 11.3 Å². The number of hydrogen-bond acceptors (Lipinski definition) is 3. The molecule has 1 amide bonds. The van der Waals surface area contributed by atoms with Crippen molar-refractivity contribution in [2.75, 3.05) is 5.32 Å². The summed E-state index contributed by atoms with van der Waals surface area (Å²) < 4.78 is 1.33. The molecule has 0 aliphatic carbocycles. The molecule has 0 aliphatic heterocycles. The number of nitrogens with zero attached hydrogens (tertiary/aromatic N) is 2. The Morgan fingerprint density at radius 3 is 2.47 bits per heavy atom. The zero-order valence-corrected chi connectivity index (χ0v) is 9.25. The monoisotopic (exact) mass is 229 g/mol. The van der Waals surface area contributed by atoms with Crippen molar-refractivity contribution in [2.24, 2.45) is 0 Å². The van der Waals surface area contributed by atoms with Gasteiger partial charge in [-0.1, -0.05) is 0 Å². The highest BCUT2D eigenvalue weighted by Gasteiger charge is 2.04. The highest BCUT2D eigenvalue weighted by molar-refractivity contribution is 5.95. The van der Waals surface area contributed by atoms with Crippen LogP contribution in [-0.4, -0.2) is 21.4 Å². The van der Waals surface area contributed by atoms with Gasteiger partial charge in [-0.2, -0.15) is 0 Å². The molecule has 2 aromatic rings. The summed E-state index contributed by atoms with van der Waals surface area (Å²) >= 11 is 0. The summed E-state index contributed by atoms with van der Waals surface area (Å²) in [5.41, 5.74) is 1.25. The standard InChI is InChI=1S/C12H11N3O2/c1-9(16)10-2-4-11(5-3-10)14-12(17)15-7-6-13-8-15/h2-8H,1H3,(H,14,17). The maximum absolute atomic E-state index is 11.6. The molecule has 0 spiro atoms. The third-order valence-electron chi connectivity index (χ3n) is 2.28. The molecule has 1 heterocycles. The number of Topliss-reactive ketones (excluding diaryl/α,β-unsaturated/α-hetero) is 1. The Balaban J connectivity index is 2.09. The average molecular weight is 229 g/mol. The summed E-state index contributed by atoms with van der Waals surface area (Å²) in [7, 11) is 0. The van der Waals surface area contributed by atoms with Crippen LogP contribution in [0.4, 0.5) is 10.5 Å². The number of carbonyl (C=O) groups excluding carboxylic acids is 2. The number of anilines is 1. The predicted molar refractivity (Wildman–Crippen MR) is 63.1 cm³/mol. The fourth-order valence-electron chi connectivity index (χ4n) is 1.36. The molecule has 86 valence electrons. The van der Waals surface area contributed by atoms with Gasteiger partial charge in [0, 0.05) is 23.6 Å². The number of hydrogen-bond donors (Lipinski definition) is 1. The minimum absolute atomic E-state index is 0.00233. The summed E-state index contributed by atoms with van der Waals surface area (Å²) in [6, 6.07) is 6.42. The average Bonchev–Trinajstić information content (AvgIpc) is 2.83. The van der Waals surface area contributed by atoms with Gasteiger partial charge in [0.25, 0.3) is 0 Å². The minimum atomic E-state index is -0.293. The van der Waals surface area contributed by atoms with Crippen LogP contribution in [0.5, 0.6) is 0 Å². The van der Waals surface area contributed by atoms with Crippen LogP contribution >= 0.6 is 0 Å². The molecular formula is C12H11N3O2. The summed E-state index contributed by atoms with van der Waals surface area (Å²) in [5.74, 6) is -0.00233. The van der Waals surface area contributed by atoms with Gasteiger partial charge in [-0.05, 0) is 31.2 Å². The van der Waals surface area contributed by atoms with Crippen LogP contribution in [0.2, 0.25) is 0 Å². The smallest absolute Gasteiger partial charge is 0.307 e.